The van der Waals surface area contributed by atoms with Gasteiger partial charge in [-0.05, 0) is 35.7 Å². The predicted octanol–water partition coefficient (Wildman–Crippen LogP) is 1.61. The number of carbonyl (C=O) groups is 2. The quantitative estimate of drug-likeness (QED) is 0.714. The minimum Gasteiger partial charge on any atom is -0.436 e. The zero-order valence-corrected chi connectivity index (χ0v) is 14.7. The molecule has 0 aliphatic carbocycles. The fourth-order valence-corrected chi connectivity index (χ4v) is 2.94. The number of aromatic nitrogens is 1. The van der Waals surface area contributed by atoms with Gasteiger partial charge in [-0.15, -0.1) is 0 Å². The third kappa shape index (κ3) is 4.59. The summed E-state index contributed by atoms with van der Waals surface area (Å²) in [5, 5.41) is 14.5. The van der Waals surface area contributed by atoms with Crippen molar-refractivity contribution in [3.63, 3.8) is 0 Å². The summed E-state index contributed by atoms with van der Waals surface area (Å²) in [6, 6.07) is 7.37. The number of halogens is 1. The first-order chi connectivity index (χ1) is 13.0. The van der Waals surface area contributed by atoms with Crippen molar-refractivity contribution in [1.29, 1.82) is 0 Å². The first-order valence-corrected chi connectivity index (χ1v) is 8.54. The van der Waals surface area contributed by atoms with Crippen LogP contribution in [-0.4, -0.2) is 34.5 Å². The fraction of sp³-hybridized carbons (Fsp3) is 0.316. The molecular formula is C19H20FN3O4. The molecule has 0 spiro atoms. The van der Waals surface area contributed by atoms with E-state index in [1.807, 2.05) is 0 Å². The number of benzene rings is 1. The zero-order chi connectivity index (χ0) is 19.4. The van der Waals surface area contributed by atoms with Crippen LogP contribution >= 0.6 is 0 Å². The monoisotopic (exact) mass is 373 g/mol. The standard InChI is InChI=1S/C19H20FN3O4/c1-11(25)21-9-14-7-15(19(26)23-14)13-3-4-17(16(20)6-13)27-18-5-2-12(10-24)8-22-18/h2-6,8,14-15,24H,7,9-10H2,1H3,(H,21,25)(H,23,26). The van der Waals surface area contributed by atoms with Gasteiger partial charge in [0.05, 0.1) is 12.5 Å². The molecule has 2 atom stereocenters. The number of ether oxygens (including phenoxy) is 1. The molecule has 2 unspecified atom stereocenters. The Balaban J connectivity index is 1.68. The van der Waals surface area contributed by atoms with Crippen LogP contribution in [0.5, 0.6) is 11.6 Å². The number of hydrogen-bond acceptors (Lipinski definition) is 5. The molecule has 7 nitrogen and oxygen atoms in total. The molecular weight excluding hydrogens is 353 g/mol. The van der Waals surface area contributed by atoms with Crippen LogP contribution in [0.4, 0.5) is 4.39 Å². The topological polar surface area (TPSA) is 101 Å². The summed E-state index contributed by atoms with van der Waals surface area (Å²) >= 11 is 0. The second-order valence-corrected chi connectivity index (χ2v) is 6.39. The molecule has 2 aromatic rings. The van der Waals surface area contributed by atoms with Crippen LogP contribution in [0, 0.1) is 5.82 Å². The van der Waals surface area contributed by atoms with Crippen LogP contribution in [0.15, 0.2) is 36.5 Å². The Labute approximate surface area is 155 Å². The maximum absolute atomic E-state index is 14.4. The molecule has 1 saturated heterocycles. The Bertz CT molecular complexity index is 841. The van der Waals surface area contributed by atoms with E-state index in [1.54, 1.807) is 12.1 Å². The minimum atomic E-state index is -0.598. The van der Waals surface area contributed by atoms with Crippen LogP contribution < -0.4 is 15.4 Å². The van der Waals surface area contributed by atoms with E-state index in [0.29, 0.717) is 24.1 Å². The Morgan fingerprint density at radius 3 is 2.85 bits per heavy atom. The number of aliphatic hydroxyl groups is 1. The van der Waals surface area contributed by atoms with E-state index in [2.05, 4.69) is 15.6 Å². The van der Waals surface area contributed by atoms with Gasteiger partial charge in [-0.2, -0.15) is 0 Å². The van der Waals surface area contributed by atoms with Gasteiger partial charge in [0.2, 0.25) is 17.7 Å². The second-order valence-electron chi connectivity index (χ2n) is 6.39. The second kappa shape index (κ2) is 8.13. The molecule has 2 heterocycles. The van der Waals surface area contributed by atoms with Gasteiger partial charge < -0.3 is 20.5 Å². The smallest absolute Gasteiger partial charge is 0.227 e. The van der Waals surface area contributed by atoms with Crippen LogP contribution in [0.3, 0.4) is 0 Å². The maximum atomic E-state index is 14.4. The molecule has 0 radical (unpaired) electrons. The van der Waals surface area contributed by atoms with Gasteiger partial charge in [0.15, 0.2) is 11.6 Å². The van der Waals surface area contributed by atoms with Gasteiger partial charge in [-0.3, -0.25) is 9.59 Å². The van der Waals surface area contributed by atoms with Crippen molar-refractivity contribution < 1.29 is 23.8 Å². The lowest BCUT2D eigenvalue weighted by Crippen LogP contribution is -2.37. The van der Waals surface area contributed by atoms with E-state index < -0.39 is 11.7 Å². The van der Waals surface area contributed by atoms with Crippen LogP contribution in [0.25, 0.3) is 0 Å². The fourth-order valence-electron chi connectivity index (χ4n) is 2.94. The number of aliphatic hydroxyl groups excluding tert-OH is 1. The van der Waals surface area contributed by atoms with Gasteiger partial charge in [-0.25, -0.2) is 9.37 Å². The summed E-state index contributed by atoms with van der Waals surface area (Å²) in [6.45, 7) is 1.62. The lowest BCUT2D eigenvalue weighted by molar-refractivity contribution is -0.121. The van der Waals surface area contributed by atoms with Crippen molar-refractivity contribution in [3.8, 4) is 11.6 Å². The number of amides is 2. The SMILES string of the molecule is CC(=O)NCC1CC(c2ccc(Oc3ccc(CO)cn3)c(F)c2)C(=O)N1. The van der Waals surface area contributed by atoms with E-state index >= 15 is 0 Å². The number of carbonyl (C=O) groups excluding carboxylic acids is 2. The van der Waals surface area contributed by atoms with Crippen molar-refractivity contribution in [2.24, 2.45) is 0 Å². The molecule has 0 bridgehead atoms. The Kier molecular flexibility index (Phi) is 5.66. The Hall–Kier alpha value is -3.00. The lowest BCUT2D eigenvalue weighted by Gasteiger charge is -2.11. The zero-order valence-electron chi connectivity index (χ0n) is 14.7. The first-order valence-electron chi connectivity index (χ1n) is 8.54. The Morgan fingerprint density at radius 1 is 1.41 bits per heavy atom. The lowest BCUT2D eigenvalue weighted by atomic mass is 9.95. The molecule has 3 rings (SSSR count). The third-order valence-electron chi connectivity index (χ3n) is 4.33. The molecule has 27 heavy (non-hydrogen) atoms. The largest absolute Gasteiger partial charge is 0.436 e. The summed E-state index contributed by atoms with van der Waals surface area (Å²) < 4.78 is 19.9. The van der Waals surface area contributed by atoms with Gasteiger partial charge in [0.25, 0.3) is 0 Å². The molecule has 0 saturated carbocycles. The molecule has 2 amide bonds. The normalized spacial score (nSPS) is 18.9. The van der Waals surface area contributed by atoms with E-state index in [-0.39, 0.29) is 36.1 Å². The molecule has 1 aliphatic heterocycles. The van der Waals surface area contributed by atoms with Gasteiger partial charge in [0, 0.05) is 31.8 Å². The van der Waals surface area contributed by atoms with E-state index in [4.69, 9.17) is 9.84 Å². The van der Waals surface area contributed by atoms with Crippen molar-refractivity contribution in [2.45, 2.75) is 31.9 Å². The highest BCUT2D eigenvalue weighted by Crippen LogP contribution is 2.31. The first kappa shape index (κ1) is 18.8. The average molecular weight is 373 g/mol. The van der Waals surface area contributed by atoms with Crippen molar-refractivity contribution in [2.75, 3.05) is 6.54 Å². The highest BCUT2D eigenvalue weighted by molar-refractivity contribution is 5.86. The van der Waals surface area contributed by atoms with Gasteiger partial charge in [-0.1, -0.05) is 6.07 Å². The number of pyridine rings is 1. The van der Waals surface area contributed by atoms with Crippen molar-refractivity contribution >= 4 is 11.8 Å². The number of hydrogen-bond donors (Lipinski definition) is 3. The molecule has 1 fully saturated rings. The third-order valence-corrected chi connectivity index (χ3v) is 4.33. The molecule has 8 heteroatoms. The highest BCUT2D eigenvalue weighted by atomic mass is 19.1. The van der Waals surface area contributed by atoms with Crippen LogP contribution in [-0.2, 0) is 16.2 Å². The molecule has 1 aromatic carbocycles. The number of nitrogens with one attached hydrogen (secondary N) is 2. The van der Waals surface area contributed by atoms with E-state index in [0.717, 1.165) is 0 Å². The van der Waals surface area contributed by atoms with Crippen molar-refractivity contribution in [1.82, 2.24) is 15.6 Å². The minimum absolute atomic E-state index is 0.00352. The van der Waals surface area contributed by atoms with Crippen LogP contribution in [0.1, 0.15) is 30.4 Å². The van der Waals surface area contributed by atoms with Crippen molar-refractivity contribution in [3.05, 3.63) is 53.5 Å². The maximum Gasteiger partial charge on any atom is 0.227 e. The number of nitrogens with zero attached hydrogens (tertiary/aromatic N) is 1. The van der Waals surface area contributed by atoms with Crippen LogP contribution in [0.2, 0.25) is 0 Å². The average Bonchev–Trinajstić information content (AvgIpc) is 3.03. The molecule has 142 valence electrons. The summed E-state index contributed by atoms with van der Waals surface area (Å²) in [7, 11) is 0. The highest BCUT2D eigenvalue weighted by Gasteiger charge is 2.33. The molecule has 1 aromatic heterocycles. The van der Waals surface area contributed by atoms with Gasteiger partial charge >= 0.3 is 0 Å². The molecule has 1 aliphatic rings. The van der Waals surface area contributed by atoms with E-state index in [1.165, 1.54) is 31.3 Å². The summed E-state index contributed by atoms with van der Waals surface area (Å²) in [5.74, 6) is -1.24. The van der Waals surface area contributed by atoms with Gasteiger partial charge in [0.1, 0.15) is 0 Å². The molecule has 3 N–H and O–H groups in total. The summed E-state index contributed by atoms with van der Waals surface area (Å²) in [6.07, 6.45) is 1.92. The summed E-state index contributed by atoms with van der Waals surface area (Å²) in [5.41, 5.74) is 1.17. The van der Waals surface area contributed by atoms with E-state index in [9.17, 15) is 14.0 Å². The number of rotatable bonds is 6. The Morgan fingerprint density at radius 2 is 2.22 bits per heavy atom. The predicted molar refractivity (Wildman–Crippen MR) is 94.6 cm³/mol. The summed E-state index contributed by atoms with van der Waals surface area (Å²) in [4.78, 5) is 27.2.